The predicted molar refractivity (Wildman–Crippen MR) is 176 cm³/mol. The molecule has 0 radical (unpaired) electrons. The molecule has 5 nitrogen and oxygen atoms in total. The minimum atomic E-state index is -0.944. The van der Waals surface area contributed by atoms with Crippen LogP contribution in [0.4, 0.5) is 0 Å². The molecular weight excluding hydrogens is 575 g/mol. The molecule has 2 aromatic heterocycles. The summed E-state index contributed by atoms with van der Waals surface area (Å²) in [5.41, 5.74) is 4.00. The Morgan fingerprint density at radius 1 is 0.976 bits per heavy atom. The number of para-hydroxylation sites is 1. The molecule has 0 atom stereocenters. The zero-order valence-electron chi connectivity index (χ0n) is 24.1. The summed E-state index contributed by atoms with van der Waals surface area (Å²) >= 11 is 7.93. The molecular formula is C34H36ClN2NaO3S. The van der Waals surface area contributed by atoms with E-state index in [0.29, 0.717) is 24.6 Å². The topological polar surface area (TPSA) is 64.3 Å². The molecule has 0 aliphatic heterocycles. The number of aromatic nitrogens is 2. The van der Waals surface area contributed by atoms with Crippen LogP contribution in [0.15, 0.2) is 83.8 Å². The molecule has 214 valence electrons. The van der Waals surface area contributed by atoms with Gasteiger partial charge in [0.15, 0.2) is 0 Å². The van der Waals surface area contributed by atoms with Crippen molar-refractivity contribution >= 4 is 80.7 Å². The van der Waals surface area contributed by atoms with Crippen LogP contribution < -0.4 is 4.74 Å². The number of carbonyl (C=O) groups is 1. The number of aliphatic carboxylic acids is 1. The van der Waals surface area contributed by atoms with Crippen molar-refractivity contribution in [2.45, 2.75) is 63.8 Å². The number of benzene rings is 3. The van der Waals surface area contributed by atoms with Crippen molar-refractivity contribution in [1.82, 2.24) is 9.55 Å². The fourth-order valence-corrected chi connectivity index (χ4v) is 6.15. The van der Waals surface area contributed by atoms with E-state index in [1.165, 1.54) is 0 Å². The molecule has 0 unspecified atom stereocenters. The molecule has 2 heterocycles. The summed E-state index contributed by atoms with van der Waals surface area (Å²) in [6.07, 6.45) is 0.389. The molecule has 42 heavy (non-hydrogen) atoms. The van der Waals surface area contributed by atoms with Crippen molar-refractivity contribution in [2.75, 3.05) is 0 Å². The monoisotopic (exact) mass is 610 g/mol. The Balaban J connectivity index is 0.00000405. The van der Waals surface area contributed by atoms with Gasteiger partial charge in [-0.25, -0.2) is 4.98 Å². The Morgan fingerprint density at radius 2 is 1.69 bits per heavy atom. The van der Waals surface area contributed by atoms with Crippen molar-refractivity contribution in [3.8, 4) is 5.75 Å². The molecule has 0 spiro atoms. The molecule has 0 amide bonds. The van der Waals surface area contributed by atoms with Gasteiger partial charge in [0.1, 0.15) is 12.4 Å². The van der Waals surface area contributed by atoms with Crippen LogP contribution in [-0.4, -0.2) is 54.9 Å². The fourth-order valence-electron chi connectivity index (χ4n) is 4.83. The van der Waals surface area contributed by atoms with E-state index >= 15 is 0 Å². The second kappa shape index (κ2) is 13.0. The average molecular weight is 611 g/mol. The molecule has 0 saturated heterocycles. The standard InChI is InChI=1S/C34H35ClN2O3S.Na.H/c1-33(2,3)41-31-27-18-26(40-21-25-15-12-23-8-6-7-9-28(23)36-25)16-17-29(27)37(20-22-10-13-24(35)14-11-22)30(31)19-34(4,5)32(38)39;;/h6-18H,19-21H2,1-5H3,(H,38,39);;. The Labute approximate surface area is 278 Å². The first kappa shape index (κ1) is 32.4. The number of hydrogen-bond donors (Lipinski definition) is 1. The Bertz CT molecular complexity index is 1730. The van der Waals surface area contributed by atoms with E-state index in [1.54, 1.807) is 25.6 Å². The molecule has 0 fully saturated rings. The summed E-state index contributed by atoms with van der Waals surface area (Å²) < 4.78 is 8.43. The molecule has 3 aromatic carbocycles. The maximum absolute atomic E-state index is 12.2. The summed E-state index contributed by atoms with van der Waals surface area (Å²) in [5, 5.41) is 12.9. The third-order valence-electron chi connectivity index (χ3n) is 6.98. The quantitative estimate of drug-likeness (QED) is 0.134. The van der Waals surface area contributed by atoms with E-state index in [4.69, 9.17) is 21.3 Å². The van der Waals surface area contributed by atoms with E-state index in [9.17, 15) is 9.90 Å². The van der Waals surface area contributed by atoms with E-state index in [0.717, 1.165) is 49.4 Å². The van der Waals surface area contributed by atoms with Crippen LogP contribution >= 0.6 is 23.4 Å². The molecule has 0 aliphatic rings. The van der Waals surface area contributed by atoms with Gasteiger partial charge < -0.3 is 14.4 Å². The SMILES string of the molecule is CC(C)(C)Sc1c(CC(C)(C)C(=O)O)n(Cc2ccc(Cl)cc2)c2ccc(OCc3ccc4ccccc4n3)cc12.[NaH]. The molecule has 5 rings (SSSR count). The normalized spacial score (nSPS) is 12.0. The van der Waals surface area contributed by atoms with Crippen molar-refractivity contribution in [3.05, 3.63) is 101 Å². The summed E-state index contributed by atoms with van der Waals surface area (Å²) in [5.74, 6) is -0.0738. The van der Waals surface area contributed by atoms with Gasteiger partial charge in [0, 0.05) is 49.6 Å². The average Bonchev–Trinajstić information content (AvgIpc) is 3.18. The van der Waals surface area contributed by atoms with Crippen LogP contribution in [0.3, 0.4) is 0 Å². The van der Waals surface area contributed by atoms with E-state index in [-0.39, 0.29) is 34.3 Å². The zero-order valence-corrected chi connectivity index (χ0v) is 25.6. The van der Waals surface area contributed by atoms with Gasteiger partial charge in [-0.2, -0.15) is 0 Å². The second-order valence-electron chi connectivity index (χ2n) is 12.0. The van der Waals surface area contributed by atoms with E-state index in [2.05, 4.69) is 43.5 Å². The summed E-state index contributed by atoms with van der Waals surface area (Å²) in [6.45, 7) is 11.1. The summed E-state index contributed by atoms with van der Waals surface area (Å²) in [4.78, 5) is 18.1. The Morgan fingerprint density at radius 3 is 2.38 bits per heavy atom. The number of fused-ring (bicyclic) bond motifs is 2. The van der Waals surface area contributed by atoms with E-state index < -0.39 is 11.4 Å². The van der Waals surface area contributed by atoms with Crippen LogP contribution in [0.2, 0.25) is 5.02 Å². The third kappa shape index (κ3) is 7.53. The first-order chi connectivity index (χ1) is 19.4. The van der Waals surface area contributed by atoms with Gasteiger partial charge in [-0.3, -0.25) is 4.79 Å². The third-order valence-corrected chi connectivity index (χ3v) is 8.51. The van der Waals surface area contributed by atoms with Crippen molar-refractivity contribution in [3.63, 3.8) is 0 Å². The number of rotatable bonds is 9. The molecule has 8 heteroatoms. The fraction of sp³-hybridized carbons (Fsp3) is 0.294. The summed E-state index contributed by atoms with van der Waals surface area (Å²) in [7, 11) is 0. The van der Waals surface area contributed by atoms with Gasteiger partial charge in [0.2, 0.25) is 0 Å². The summed E-state index contributed by atoms with van der Waals surface area (Å²) in [6, 6.07) is 26.1. The Kier molecular flexibility index (Phi) is 10.1. The van der Waals surface area contributed by atoms with Gasteiger partial charge in [0.25, 0.3) is 0 Å². The molecule has 1 N–H and O–H groups in total. The second-order valence-corrected chi connectivity index (χ2v) is 14.3. The first-order valence-electron chi connectivity index (χ1n) is 13.7. The van der Waals surface area contributed by atoms with Crippen molar-refractivity contribution in [2.24, 2.45) is 5.41 Å². The van der Waals surface area contributed by atoms with Gasteiger partial charge in [-0.1, -0.05) is 68.8 Å². The number of ether oxygens (including phenoxy) is 1. The number of thioether (sulfide) groups is 1. The number of pyridine rings is 1. The van der Waals surface area contributed by atoms with Crippen LogP contribution in [0, 0.1) is 5.41 Å². The van der Waals surface area contributed by atoms with Crippen LogP contribution in [-0.2, 0) is 24.4 Å². The van der Waals surface area contributed by atoms with Gasteiger partial charge >= 0.3 is 35.5 Å². The van der Waals surface area contributed by atoms with Gasteiger partial charge in [-0.15, -0.1) is 11.8 Å². The zero-order chi connectivity index (χ0) is 29.4. The van der Waals surface area contributed by atoms with E-state index in [1.807, 2.05) is 60.7 Å². The number of carboxylic acids is 1. The molecule has 0 saturated carbocycles. The van der Waals surface area contributed by atoms with Gasteiger partial charge in [0.05, 0.1) is 16.6 Å². The number of nitrogens with zero attached hydrogens (tertiary/aromatic N) is 2. The number of halogens is 1. The number of hydrogen-bond acceptors (Lipinski definition) is 4. The molecule has 5 aromatic rings. The number of carboxylic acid groups (broad SMARTS) is 1. The minimum absolute atomic E-state index is 0. The first-order valence-corrected chi connectivity index (χ1v) is 14.9. The molecule has 0 aliphatic carbocycles. The van der Waals surface area contributed by atoms with Crippen LogP contribution in [0.1, 0.15) is 51.6 Å². The van der Waals surface area contributed by atoms with Gasteiger partial charge in [-0.05, 0) is 61.9 Å². The van der Waals surface area contributed by atoms with Crippen LogP contribution in [0.25, 0.3) is 21.8 Å². The molecule has 0 bridgehead atoms. The Hall–Kier alpha value is -2.48. The van der Waals surface area contributed by atoms with Crippen LogP contribution in [0.5, 0.6) is 5.75 Å². The predicted octanol–water partition coefficient (Wildman–Crippen LogP) is 8.37. The maximum atomic E-state index is 12.2. The van der Waals surface area contributed by atoms with Crippen molar-refractivity contribution < 1.29 is 14.6 Å². The van der Waals surface area contributed by atoms with Crippen molar-refractivity contribution in [1.29, 1.82) is 0 Å².